The van der Waals surface area contributed by atoms with Gasteiger partial charge in [0.2, 0.25) is 0 Å². The number of fused-ring (bicyclic) bond motifs is 1. The van der Waals surface area contributed by atoms with Crippen LogP contribution in [0.3, 0.4) is 0 Å². The van der Waals surface area contributed by atoms with Crippen LogP contribution in [0.5, 0.6) is 0 Å². The lowest BCUT2D eigenvalue weighted by Crippen LogP contribution is -2.43. The first-order valence-electron chi connectivity index (χ1n) is 8.07. The summed E-state index contributed by atoms with van der Waals surface area (Å²) in [6.07, 6.45) is 6.13. The van der Waals surface area contributed by atoms with E-state index in [0.717, 1.165) is 23.5 Å². The van der Waals surface area contributed by atoms with Crippen LogP contribution in [0.2, 0.25) is 0 Å². The summed E-state index contributed by atoms with van der Waals surface area (Å²) in [7, 11) is 0. The van der Waals surface area contributed by atoms with E-state index in [1.807, 2.05) is 6.07 Å². The van der Waals surface area contributed by atoms with Crippen LogP contribution in [0, 0.1) is 11.8 Å². The molecule has 2 aromatic rings. The zero-order valence-electron chi connectivity index (χ0n) is 12.8. The van der Waals surface area contributed by atoms with Gasteiger partial charge in [-0.1, -0.05) is 44.0 Å². The molecule has 1 unspecified atom stereocenters. The number of nitrogens with zero attached hydrogens (tertiary/aromatic N) is 1. The lowest BCUT2D eigenvalue weighted by Gasteiger charge is -2.32. The molecule has 1 heterocycles. The van der Waals surface area contributed by atoms with Crippen molar-refractivity contribution in [2.45, 2.75) is 45.1 Å². The van der Waals surface area contributed by atoms with Gasteiger partial charge in [-0.15, -0.1) is 0 Å². The van der Waals surface area contributed by atoms with E-state index in [1.54, 1.807) is 0 Å². The Hall–Kier alpha value is -1.45. The van der Waals surface area contributed by atoms with Crippen molar-refractivity contribution in [2.75, 3.05) is 0 Å². The van der Waals surface area contributed by atoms with Crippen LogP contribution in [0.15, 0.2) is 36.4 Å². The molecule has 0 aliphatic heterocycles. The second-order valence-electron chi connectivity index (χ2n) is 6.49. The molecule has 21 heavy (non-hydrogen) atoms. The molecule has 0 bridgehead atoms. The van der Waals surface area contributed by atoms with E-state index >= 15 is 0 Å². The monoisotopic (exact) mass is 283 g/mol. The number of hydrazine groups is 1. The van der Waals surface area contributed by atoms with Gasteiger partial charge in [0.15, 0.2) is 0 Å². The Balaban J connectivity index is 1.72. The topological polar surface area (TPSA) is 50.9 Å². The Morgan fingerprint density at radius 1 is 1.14 bits per heavy atom. The minimum Gasteiger partial charge on any atom is -0.271 e. The Kier molecular flexibility index (Phi) is 4.51. The van der Waals surface area contributed by atoms with E-state index in [0.29, 0.717) is 12.0 Å². The quantitative estimate of drug-likeness (QED) is 0.667. The first kappa shape index (κ1) is 14.5. The van der Waals surface area contributed by atoms with Crippen LogP contribution in [0.25, 0.3) is 10.9 Å². The van der Waals surface area contributed by atoms with Crippen LogP contribution < -0.4 is 11.3 Å². The fraction of sp³-hybridized carbons (Fsp3) is 0.500. The maximum atomic E-state index is 5.82. The number of aromatic nitrogens is 1. The predicted octanol–water partition coefficient (Wildman–Crippen LogP) is 3.44. The van der Waals surface area contributed by atoms with Gasteiger partial charge >= 0.3 is 0 Å². The number of hydrogen-bond donors (Lipinski definition) is 2. The van der Waals surface area contributed by atoms with Gasteiger partial charge in [0.05, 0.1) is 5.52 Å². The van der Waals surface area contributed by atoms with E-state index in [4.69, 9.17) is 10.8 Å². The molecule has 3 N–H and O–H groups in total. The third-order valence-corrected chi connectivity index (χ3v) is 4.93. The summed E-state index contributed by atoms with van der Waals surface area (Å²) in [5, 5.41) is 1.20. The van der Waals surface area contributed by atoms with Gasteiger partial charge in [-0.05, 0) is 36.8 Å². The minimum absolute atomic E-state index is 0.339. The van der Waals surface area contributed by atoms with E-state index < -0.39 is 0 Å². The van der Waals surface area contributed by atoms with Crippen LogP contribution in [0.1, 0.15) is 38.3 Å². The highest BCUT2D eigenvalue weighted by Gasteiger charge is 2.25. The first-order chi connectivity index (χ1) is 10.3. The molecule has 0 spiro atoms. The average Bonchev–Trinajstić information content (AvgIpc) is 2.53. The van der Waals surface area contributed by atoms with Crippen molar-refractivity contribution in [3.63, 3.8) is 0 Å². The molecule has 0 radical (unpaired) electrons. The molecule has 1 aliphatic carbocycles. The first-order valence-corrected chi connectivity index (χ1v) is 8.07. The summed E-state index contributed by atoms with van der Waals surface area (Å²) in [6, 6.07) is 12.9. The number of hydrogen-bond acceptors (Lipinski definition) is 3. The molecule has 3 nitrogen and oxygen atoms in total. The van der Waals surface area contributed by atoms with Gasteiger partial charge in [-0.25, -0.2) is 0 Å². The van der Waals surface area contributed by atoms with Crippen molar-refractivity contribution < 1.29 is 0 Å². The molecule has 0 amide bonds. The van der Waals surface area contributed by atoms with Gasteiger partial charge in [-0.3, -0.25) is 16.3 Å². The van der Waals surface area contributed by atoms with Crippen LogP contribution in [-0.2, 0) is 6.42 Å². The van der Waals surface area contributed by atoms with Crippen molar-refractivity contribution in [3.05, 3.63) is 42.1 Å². The molecule has 1 atom stereocenters. The standard InChI is InChI=1S/C18H25N3/c1-13-6-8-15(9-7-13)18(21-19)12-16-11-10-14-4-2-3-5-17(14)20-16/h2-5,10-11,13,15,18,21H,6-9,12,19H2,1H3. The van der Waals surface area contributed by atoms with Crippen molar-refractivity contribution in [3.8, 4) is 0 Å². The third kappa shape index (κ3) is 3.42. The lowest BCUT2D eigenvalue weighted by molar-refractivity contribution is 0.229. The van der Waals surface area contributed by atoms with Crippen LogP contribution in [-0.4, -0.2) is 11.0 Å². The maximum Gasteiger partial charge on any atom is 0.0705 e. The third-order valence-electron chi connectivity index (χ3n) is 4.93. The molecule has 1 saturated carbocycles. The molecular formula is C18H25N3. The number of nitrogens with two attached hydrogens (primary N) is 1. The van der Waals surface area contributed by atoms with Gasteiger partial charge in [-0.2, -0.15) is 0 Å². The predicted molar refractivity (Wildman–Crippen MR) is 87.7 cm³/mol. The number of rotatable bonds is 4. The normalized spacial score (nSPS) is 24.1. The fourth-order valence-corrected chi connectivity index (χ4v) is 3.50. The van der Waals surface area contributed by atoms with Gasteiger partial charge in [0.1, 0.15) is 0 Å². The second-order valence-corrected chi connectivity index (χ2v) is 6.49. The van der Waals surface area contributed by atoms with E-state index in [2.05, 4.69) is 42.7 Å². The highest BCUT2D eigenvalue weighted by atomic mass is 15.2. The summed E-state index contributed by atoms with van der Waals surface area (Å²) in [5.41, 5.74) is 5.25. The SMILES string of the molecule is CC1CCC(C(Cc2ccc3ccccc3n2)NN)CC1. The van der Waals surface area contributed by atoms with E-state index in [9.17, 15) is 0 Å². The van der Waals surface area contributed by atoms with Crippen molar-refractivity contribution in [2.24, 2.45) is 17.7 Å². The van der Waals surface area contributed by atoms with Crippen LogP contribution >= 0.6 is 0 Å². The highest BCUT2D eigenvalue weighted by Crippen LogP contribution is 2.31. The number of para-hydroxylation sites is 1. The molecule has 1 aromatic heterocycles. The molecular weight excluding hydrogens is 258 g/mol. The Morgan fingerprint density at radius 3 is 2.67 bits per heavy atom. The van der Waals surface area contributed by atoms with Gasteiger partial charge < -0.3 is 0 Å². The Labute approximate surface area is 126 Å². The fourth-order valence-electron chi connectivity index (χ4n) is 3.50. The maximum absolute atomic E-state index is 5.82. The molecule has 1 aliphatic rings. The number of nitrogens with one attached hydrogen (secondary N) is 1. The zero-order chi connectivity index (χ0) is 14.7. The zero-order valence-corrected chi connectivity index (χ0v) is 12.8. The van der Waals surface area contributed by atoms with Gasteiger partial charge in [0.25, 0.3) is 0 Å². The second kappa shape index (κ2) is 6.54. The average molecular weight is 283 g/mol. The minimum atomic E-state index is 0.339. The summed E-state index contributed by atoms with van der Waals surface area (Å²) in [6.45, 7) is 2.35. The highest BCUT2D eigenvalue weighted by molar-refractivity contribution is 5.78. The number of benzene rings is 1. The molecule has 1 aromatic carbocycles. The summed E-state index contributed by atoms with van der Waals surface area (Å²) in [4.78, 5) is 4.78. The molecule has 0 saturated heterocycles. The van der Waals surface area contributed by atoms with Crippen molar-refractivity contribution in [1.82, 2.24) is 10.4 Å². The summed E-state index contributed by atoms with van der Waals surface area (Å²) in [5.74, 6) is 7.37. The van der Waals surface area contributed by atoms with E-state index in [1.165, 1.54) is 31.1 Å². The summed E-state index contributed by atoms with van der Waals surface area (Å²) < 4.78 is 0. The Bertz CT molecular complexity index is 588. The molecule has 3 heteroatoms. The van der Waals surface area contributed by atoms with Crippen molar-refractivity contribution >= 4 is 10.9 Å². The smallest absolute Gasteiger partial charge is 0.0705 e. The van der Waals surface area contributed by atoms with E-state index in [-0.39, 0.29) is 0 Å². The lowest BCUT2D eigenvalue weighted by atomic mass is 9.78. The van der Waals surface area contributed by atoms with Crippen molar-refractivity contribution in [1.29, 1.82) is 0 Å². The number of pyridine rings is 1. The summed E-state index contributed by atoms with van der Waals surface area (Å²) >= 11 is 0. The molecule has 3 rings (SSSR count). The van der Waals surface area contributed by atoms with Crippen LogP contribution in [0.4, 0.5) is 0 Å². The largest absolute Gasteiger partial charge is 0.271 e. The van der Waals surface area contributed by atoms with Gasteiger partial charge in [0, 0.05) is 23.5 Å². The molecule has 112 valence electrons. The molecule has 1 fully saturated rings. The Morgan fingerprint density at radius 2 is 1.90 bits per heavy atom.